The molecule has 1 atom stereocenters. The number of ether oxygens (including phenoxy) is 1. The molecule has 2 heterocycles. The molecule has 0 bridgehead atoms. The molecule has 5 nitrogen and oxygen atoms in total. The Kier molecular flexibility index (Phi) is 3.29. The van der Waals surface area contributed by atoms with Gasteiger partial charge in [0.15, 0.2) is 11.9 Å². The predicted molar refractivity (Wildman–Crippen MR) is 57.5 cm³/mol. The van der Waals surface area contributed by atoms with E-state index in [1.165, 1.54) is 28.9 Å². The maximum absolute atomic E-state index is 12.6. The monoisotopic (exact) mass is 263 g/mol. The Labute approximate surface area is 101 Å². The van der Waals surface area contributed by atoms with Gasteiger partial charge in [0.25, 0.3) is 5.56 Å². The average Bonchev–Trinajstić information content (AvgIpc) is 2.32. The van der Waals surface area contributed by atoms with Crippen LogP contribution in [0.25, 0.3) is 0 Å². The fraction of sp³-hybridized carbons (Fsp3) is 0.600. The van der Waals surface area contributed by atoms with E-state index in [0.29, 0.717) is 0 Å². The first kappa shape index (κ1) is 12.9. The van der Waals surface area contributed by atoms with E-state index in [1.54, 1.807) is 0 Å². The van der Waals surface area contributed by atoms with Crippen LogP contribution < -0.4 is 10.5 Å². The van der Waals surface area contributed by atoms with Gasteiger partial charge in [-0.1, -0.05) is 0 Å². The molecule has 100 valence electrons. The molecule has 8 heteroatoms. The van der Waals surface area contributed by atoms with Crippen molar-refractivity contribution in [3.8, 4) is 0 Å². The van der Waals surface area contributed by atoms with Crippen molar-refractivity contribution >= 4 is 5.82 Å². The van der Waals surface area contributed by atoms with Crippen LogP contribution in [0.15, 0.2) is 17.2 Å². The third-order valence-electron chi connectivity index (χ3n) is 2.73. The SMILES string of the molecule is Cn1ccnc(N2CCO[C@H](C(F)(F)F)C2)c1=O. The van der Waals surface area contributed by atoms with Crippen molar-refractivity contribution in [3.05, 3.63) is 22.7 Å². The Morgan fingerprint density at radius 1 is 1.50 bits per heavy atom. The van der Waals surface area contributed by atoms with E-state index in [4.69, 9.17) is 0 Å². The van der Waals surface area contributed by atoms with Gasteiger partial charge in [-0.2, -0.15) is 13.2 Å². The number of hydrogen-bond donors (Lipinski definition) is 0. The van der Waals surface area contributed by atoms with E-state index in [1.807, 2.05) is 0 Å². The Morgan fingerprint density at radius 3 is 2.89 bits per heavy atom. The lowest BCUT2D eigenvalue weighted by molar-refractivity contribution is -0.221. The fourth-order valence-electron chi connectivity index (χ4n) is 1.74. The topological polar surface area (TPSA) is 47.4 Å². The first-order valence-corrected chi connectivity index (χ1v) is 5.34. The van der Waals surface area contributed by atoms with Gasteiger partial charge in [0.2, 0.25) is 0 Å². The number of morpholine rings is 1. The molecular weight excluding hydrogens is 251 g/mol. The summed E-state index contributed by atoms with van der Waals surface area (Å²) in [6.07, 6.45) is -3.47. The quantitative estimate of drug-likeness (QED) is 0.742. The minimum absolute atomic E-state index is 0.0255. The number of anilines is 1. The molecule has 0 unspecified atom stereocenters. The summed E-state index contributed by atoms with van der Waals surface area (Å²) in [4.78, 5) is 16.9. The Balaban J connectivity index is 2.24. The molecule has 0 spiro atoms. The number of hydrogen-bond acceptors (Lipinski definition) is 4. The van der Waals surface area contributed by atoms with Crippen LogP contribution in [0.5, 0.6) is 0 Å². The molecule has 0 N–H and O–H groups in total. The molecule has 1 aliphatic rings. The van der Waals surface area contributed by atoms with Gasteiger partial charge in [0, 0.05) is 26.0 Å². The van der Waals surface area contributed by atoms with Crippen LogP contribution >= 0.6 is 0 Å². The van der Waals surface area contributed by atoms with Gasteiger partial charge in [-0.05, 0) is 0 Å². The molecule has 1 aliphatic heterocycles. The molecule has 0 aliphatic carbocycles. The smallest absolute Gasteiger partial charge is 0.365 e. The predicted octanol–water partition coefficient (Wildman–Crippen LogP) is 0.548. The van der Waals surface area contributed by atoms with Gasteiger partial charge in [0.1, 0.15) is 0 Å². The second-order valence-corrected chi connectivity index (χ2v) is 4.01. The van der Waals surface area contributed by atoms with Crippen LogP contribution in [-0.4, -0.2) is 41.5 Å². The molecule has 0 amide bonds. The summed E-state index contributed by atoms with van der Waals surface area (Å²) in [5.74, 6) is 0.0255. The second-order valence-electron chi connectivity index (χ2n) is 4.01. The number of nitrogens with zero attached hydrogens (tertiary/aromatic N) is 3. The number of aromatic nitrogens is 2. The second kappa shape index (κ2) is 4.60. The molecule has 1 saturated heterocycles. The summed E-state index contributed by atoms with van der Waals surface area (Å²) in [5, 5.41) is 0. The third-order valence-corrected chi connectivity index (χ3v) is 2.73. The first-order chi connectivity index (χ1) is 8.39. The van der Waals surface area contributed by atoms with E-state index in [-0.39, 0.29) is 19.0 Å². The number of halogens is 3. The van der Waals surface area contributed by atoms with E-state index in [9.17, 15) is 18.0 Å². The maximum Gasteiger partial charge on any atom is 0.416 e. The van der Waals surface area contributed by atoms with E-state index < -0.39 is 24.4 Å². The largest absolute Gasteiger partial charge is 0.416 e. The highest BCUT2D eigenvalue weighted by Gasteiger charge is 2.43. The lowest BCUT2D eigenvalue weighted by atomic mass is 10.2. The Bertz CT molecular complexity index is 486. The zero-order chi connectivity index (χ0) is 13.3. The minimum atomic E-state index is -4.43. The molecule has 18 heavy (non-hydrogen) atoms. The summed E-state index contributed by atoms with van der Waals surface area (Å²) in [7, 11) is 1.52. The summed E-state index contributed by atoms with van der Waals surface area (Å²) in [5.41, 5.74) is -0.416. The van der Waals surface area contributed by atoms with Crippen molar-refractivity contribution < 1.29 is 17.9 Å². The standard InChI is InChI=1S/C10H12F3N3O2/c1-15-3-2-14-8(9(15)17)16-4-5-18-7(6-16)10(11,12)13/h2-3,7H,4-6H2,1H3/t7-/m0/s1. The molecule has 0 radical (unpaired) electrons. The number of alkyl halides is 3. The van der Waals surface area contributed by atoms with Crippen LogP contribution in [0.3, 0.4) is 0 Å². The molecule has 1 aromatic heterocycles. The lowest BCUT2D eigenvalue weighted by Gasteiger charge is -2.34. The molecule has 1 aromatic rings. The number of aryl methyl sites for hydroxylation is 1. The van der Waals surface area contributed by atoms with Gasteiger partial charge >= 0.3 is 6.18 Å². The van der Waals surface area contributed by atoms with Crippen molar-refractivity contribution in [2.75, 3.05) is 24.6 Å². The lowest BCUT2D eigenvalue weighted by Crippen LogP contribution is -2.51. The van der Waals surface area contributed by atoms with Crippen molar-refractivity contribution in [1.82, 2.24) is 9.55 Å². The zero-order valence-corrected chi connectivity index (χ0v) is 9.65. The molecule has 0 saturated carbocycles. The van der Waals surface area contributed by atoms with Crippen LogP contribution in [0.2, 0.25) is 0 Å². The van der Waals surface area contributed by atoms with Crippen LogP contribution in [0, 0.1) is 0 Å². The van der Waals surface area contributed by atoms with Gasteiger partial charge in [0.05, 0.1) is 13.2 Å². The summed E-state index contributed by atoms with van der Waals surface area (Å²) in [6.45, 7) is -0.265. The minimum Gasteiger partial charge on any atom is -0.365 e. The van der Waals surface area contributed by atoms with Crippen LogP contribution in [0.4, 0.5) is 19.0 Å². The highest BCUT2D eigenvalue weighted by molar-refractivity contribution is 5.36. The van der Waals surface area contributed by atoms with Crippen LogP contribution in [-0.2, 0) is 11.8 Å². The fourth-order valence-corrected chi connectivity index (χ4v) is 1.74. The first-order valence-electron chi connectivity index (χ1n) is 5.34. The van der Waals surface area contributed by atoms with Gasteiger partial charge in [-0.3, -0.25) is 4.79 Å². The van der Waals surface area contributed by atoms with Crippen molar-refractivity contribution in [1.29, 1.82) is 0 Å². The van der Waals surface area contributed by atoms with Gasteiger partial charge in [-0.25, -0.2) is 4.98 Å². The van der Waals surface area contributed by atoms with E-state index in [2.05, 4.69) is 9.72 Å². The Morgan fingerprint density at radius 2 is 2.22 bits per heavy atom. The van der Waals surface area contributed by atoms with Crippen molar-refractivity contribution in [2.45, 2.75) is 12.3 Å². The zero-order valence-electron chi connectivity index (χ0n) is 9.65. The molecular formula is C10H12F3N3O2. The number of rotatable bonds is 1. The van der Waals surface area contributed by atoms with Crippen LogP contribution in [0.1, 0.15) is 0 Å². The summed E-state index contributed by atoms with van der Waals surface area (Å²) >= 11 is 0. The highest BCUT2D eigenvalue weighted by atomic mass is 19.4. The average molecular weight is 263 g/mol. The molecule has 1 fully saturated rings. The molecule has 2 rings (SSSR count). The third kappa shape index (κ3) is 2.47. The van der Waals surface area contributed by atoms with Crippen molar-refractivity contribution in [2.24, 2.45) is 7.05 Å². The summed E-state index contributed by atoms with van der Waals surface area (Å²) < 4.78 is 43.6. The van der Waals surface area contributed by atoms with E-state index >= 15 is 0 Å². The maximum atomic E-state index is 12.6. The van der Waals surface area contributed by atoms with Gasteiger partial charge in [-0.15, -0.1) is 0 Å². The normalized spacial score (nSPS) is 21.1. The van der Waals surface area contributed by atoms with Gasteiger partial charge < -0.3 is 14.2 Å². The van der Waals surface area contributed by atoms with Crippen molar-refractivity contribution in [3.63, 3.8) is 0 Å². The van der Waals surface area contributed by atoms with E-state index in [0.717, 1.165) is 0 Å². The molecule has 0 aromatic carbocycles. The Hall–Kier alpha value is -1.57. The highest BCUT2D eigenvalue weighted by Crippen LogP contribution is 2.26. The summed E-state index contributed by atoms with van der Waals surface area (Å²) in [6, 6.07) is 0.